The number of benzene rings is 1. The van der Waals surface area contributed by atoms with Gasteiger partial charge in [-0.05, 0) is 37.4 Å². The van der Waals surface area contributed by atoms with E-state index in [0.717, 1.165) is 6.54 Å². The lowest BCUT2D eigenvalue weighted by molar-refractivity contribution is 0.297. The second kappa shape index (κ2) is 6.02. The van der Waals surface area contributed by atoms with E-state index in [0.29, 0.717) is 0 Å². The number of aryl methyl sites for hydroxylation is 1. The van der Waals surface area contributed by atoms with Crippen molar-refractivity contribution in [1.82, 2.24) is 4.90 Å². The monoisotopic (exact) mass is 229 g/mol. The van der Waals surface area contributed by atoms with Crippen LogP contribution in [-0.2, 0) is 0 Å². The third kappa shape index (κ3) is 3.44. The molecule has 1 aliphatic heterocycles. The van der Waals surface area contributed by atoms with Crippen LogP contribution in [0.5, 0.6) is 0 Å². The van der Waals surface area contributed by atoms with Crippen molar-refractivity contribution in [2.45, 2.75) is 33.1 Å². The number of unbranched alkanes of at least 4 members (excludes halogenated alkanes) is 1. The number of hydrogen-bond acceptors (Lipinski definition) is 1. The summed E-state index contributed by atoms with van der Waals surface area (Å²) in [5.74, 6) is 0. The standard InChI is InChI=1S/C16H23N/c1-3-4-11-17-12-9-16(10-13-17)15-7-5-14(2)6-8-15/h5-9H,3-4,10-13H2,1-2H3. The first-order valence-electron chi connectivity index (χ1n) is 6.78. The van der Waals surface area contributed by atoms with Crippen LogP contribution in [0.4, 0.5) is 0 Å². The molecule has 92 valence electrons. The molecule has 0 aromatic heterocycles. The highest BCUT2D eigenvalue weighted by molar-refractivity contribution is 5.66. The fourth-order valence-corrected chi connectivity index (χ4v) is 2.33. The van der Waals surface area contributed by atoms with Gasteiger partial charge in [-0.2, -0.15) is 0 Å². The van der Waals surface area contributed by atoms with Crippen molar-refractivity contribution in [2.24, 2.45) is 0 Å². The Labute approximate surface area is 105 Å². The van der Waals surface area contributed by atoms with Crippen molar-refractivity contribution in [3.8, 4) is 0 Å². The maximum Gasteiger partial charge on any atom is 0.0169 e. The van der Waals surface area contributed by atoms with Crippen LogP contribution in [0, 0.1) is 6.92 Å². The van der Waals surface area contributed by atoms with Crippen LogP contribution in [0.3, 0.4) is 0 Å². The number of nitrogens with zero attached hydrogens (tertiary/aromatic N) is 1. The first-order valence-corrected chi connectivity index (χ1v) is 6.78. The van der Waals surface area contributed by atoms with Gasteiger partial charge in [-0.15, -0.1) is 0 Å². The molecule has 1 heterocycles. The maximum atomic E-state index is 2.56. The Hall–Kier alpha value is -1.08. The normalized spacial score (nSPS) is 16.9. The zero-order valence-electron chi connectivity index (χ0n) is 11.1. The van der Waals surface area contributed by atoms with Crippen LogP contribution >= 0.6 is 0 Å². The number of rotatable bonds is 4. The topological polar surface area (TPSA) is 3.24 Å². The molecule has 2 rings (SSSR count). The lowest BCUT2D eigenvalue weighted by atomic mass is 9.98. The van der Waals surface area contributed by atoms with E-state index < -0.39 is 0 Å². The molecule has 1 aromatic carbocycles. The molecule has 0 saturated carbocycles. The van der Waals surface area contributed by atoms with Crippen LogP contribution < -0.4 is 0 Å². The molecule has 0 radical (unpaired) electrons. The molecule has 1 aromatic rings. The highest BCUT2D eigenvalue weighted by Crippen LogP contribution is 2.22. The van der Waals surface area contributed by atoms with Gasteiger partial charge < -0.3 is 0 Å². The zero-order valence-corrected chi connectivity index (χ0v) is 11.1. The Kier molecular flexibility index (Phi) is 4.38. The van der Waals surface area contributed by atoms with Crippen molar-refractivity contribution in [3.63, 3.8) is 0 Å². The summed E-state index contributed by atoms with van der Waals surface area (Å²) in [6.07, 6.45) is 6.23. The highest BCUT2D eigenvalue weighted by Gasteiger charge is 2.11. The third-order valence-electron chi connectivity index (χ3n) is 3.54. The quantitative estimate of drug-likeness (QED) is 0.757. The van der Waals surface area contributed by atoms with Crippen molar-refractivity contribution >= 4 is 5.57 Å². The Morgan fingerprint density at radius 1 is 1.18 bits per heavy atom. The molecule has 0 saturated heterocycles. The zero-order chi connectivity index (χ0) is 12.1. The van der Waals surface area contributed by atoms with Gasteiger partial charge in [-0.25, -0.2) is 0 Å². The molecule has 0 bridgehead atoms. The lowest BCUT2D eigenvalue weighted by Gasteiger charge is -2.26. The van der Waals surface area contributed by atoms with E-state index in [1.807, 2.05) is 0 Å². The van der Waals surface area contributed by atoms with Crippen LogP contribution in [-0.4, -0.2) is 24.5 Å². The Morgan fingerprint density at radius 3 is 2.53 bits per heavy atom. The van der Waals surface area contributed by atoms with Gasteiger partial charge in [-0.3, -0.25) is 4.90 Å². The van der Waals surface area contributed by atoms with Crippen molar-refractivity contribution in [3.05, 3.63) is 41.5 Å². The van der Waals surface area contributed by atoms with E-state index in [1.165, 1.54) is 49.1 Å². The third-order valence-corrected chi connectivity index (χ3v) is 3.54. The molecule has 0 aliphatic carbocycles. The highest BCUT2D eigenvalue weighted by atomic mass is 15.1. The average Bonchev–Trinajstić information content (AvgIpc) is 2.38. The first-order chi connectivity index (χ1) is 8.29. The fourth-order valence-electron chi connectivity index (χ4n) is 2.33. The van der Waals surface area contributed by atoms with Gasteiger partial charge in [0.1, 0.15) is 0 Å². The van der Waals surface area contributed by atoms with Crippen molar-refractivity contribution in [1.29, 1.82) is 0 Å². The summed E-state index contributed by atoms with van der Waals surface area (Å²) in [6, 6.07) is 8.92. The SMILES string of the molecule is CCCCN1CC=C(c2ccc(C)cc2)CC1. The van der Waals surface area contributed by atoms with Crippen LogP contribution in [0.15, 0.2) is 30.3 Å². The summed E-state index contributed by atoms with van der Waals surface area (Å²) in [6.45, 7) is 8.01. The van der Waals surface area contributed by atoms with Gasteiger partial charge in [0, 0.05) is 13.1 Å². The predicted molar refractivity (Wildman–Crippen MR) is 75.1 cm³/mol. The van der Waals surface area contributed by atoms with Gasteiger partial charge in [-0.1, -0.05) is 49.2 Å². The van der Waals surface area contributed by atoms with E-state index in [9.17, 15) is 0 Å². The van der Waals surface area contributed by atoms with E-state index >= 15 is 0 Å². The molecule has 1 aliphatic rings. The minimum absolute atomic E-state index is 1.13. The summed E-state index contributed by atoms with van der Waals surface area (Å²) in [7, 11) is 0. The Bertz CT molecular complexity index is 375. The largest absolute Gasteiger partial charge is 0.299 e. The van der Waals surface area contributed by atoms with Crippen LogP contribution in [0.2, 0.25) is 0 Å². The second-order valence-electron chi connectivity index (χ2n) is 5.00. The molecule has 0 unspecified atom stereocenters. The average molecular weight is 229 g/mol. The van der Waals surface area contributed by atoms with Gasteiger partial charge >= 0.3 is 0 Å². The molecule has 17 heavy (non-hydrogen) atoms. The van der Waals surface area contributed by atoms with E-state index in [4.69, 9.17) is 0 Å². The Balaban J connectivity index is 1.96. The smallest absolute Gasteiger partial charge is 0.0169 e. The fraction of sp³-hybridized carbons (Fsp3) is 0.500. The second-order valence-corrected chi connectivity index (χ2v) is 5.00. The lowest BCUT2D eigenvalue weighted by Crippen LogP contribution is -2.29. The number of hydrogen-bond donors (Lipinski definition) is 0. The van der Waals surface area contributed by atoms with E-state index in [-0.39, 0.29) is 0 Å². The van der Waals surface area contributed by atoms with Gasteiger partial charge in [0.15, 0.2) is 0 Å². The molecular formula is C16H23N. The predicted octanol–water partition coefficient (Wildman–Crippen LogP) is 3.88. The minimum Gasteiger partial charge on any atom is -0.299 e. The summed E-state index contributed by atoms with van der Waals surface area (Å²) in [5, 5.41) is 0. The molecule has 0 amide bonds. The van der Waals surface area contributed by atoms with E-state index in [2.05, 4.69) is 49.1 Å². The van der Waals surface area contributed by atoms with Crippen LogP contribution in [0.25, 0.3) is 5.57 Å². The molecule has 1 nitrogen and oxygen atoms in total. The Morgan fingerprint density at radius 2 is 1.94 bits per heavy atom. The molecule has 0 atom stereocenters. The van der Waals surface area contributed by atoms with Crippen molar-refractivity contribution < 1.29 is 0 Å². The first kappa shape index (κ1) is 12.4. The summed E-state index contributed by atoms with van der Waals surface area (Å²) >= 11 is 0. The summed E-state index contributed by atoms with van der Waals surface area (Å²) < 4.78 is 0. The maximum absolute atomic E-state index is 2.56. The van der Waals surface area contributed by atoms with Gasteiger partial charge in [0.25, 0.3) is 0 Å². The molecular weight excluding hydrogens is 206 g/mol. The van der Waals surface area contributed by atoms with Gasteiger partial charge in [0.2, 0.25) is 0 Å². The minimum atomic E-state index is 1.13. The summed E-state index contributed by atoms with van der Waals surface area (Å²) in [4.78, 5) is 2.56. The van der Waals surface area contributed by atoms with Gasteiger partial charge in [0.05, 0.1) is 0 Å². The van der Waals surface area contributed by atoms with E-state index in [1.54, 1.807) is 0 Å². The molecule has 0 fully saturated rings. The molecule has 0 N–H and O–H groups in total. The molecule has 1 heteroatoms. The van der Waals surface area contributed by atoms with Crippen LogP contribution in [0.1, 0.15) is 37.3 Å². The summed E-state index contributed by atoms with van der Waals surface area (Å²) in [5.41, 5.74) is 4.28. The van der Waals surface area contributed by atoms with Crippen molar-refractivity contribution in [2.75, 3.05) is 19.6 Å². The molecule has 0 spiro atoms.